The standard InChI is InChI=1S/C24H31ClN2O2S/c1-18(23(29)26-24(2,3)4)27(15-14-19-8-6-5-7-9-19)22(28)17-30-16-20-10-12-21(25)13-11-20/h5-13,18H,14-17H2,1-4H3,(H,26,29). The third kappa shape index (κ3) is 8.41. The second-order valence-corrected chi connectivity index (χ2v) is 9.78. The quantitative estimate of drug-likeness (QED) is 0.593. The predicted octanol–water partition coefficient (Wildman–Crippen LogP) is 4.95. The van der Waals surface area contributed by atoms with E-state index in [4.69, 9.17) is 11.6 Å². The van der Waals surface area contributed by atoms with Crippen LogP contribution in [0, 0.1) is 0 Å². The fraction of sp³-hybridized carbons (Fsp3) is 0.417. The third-order valence-corrected chi connectivity index (χ3v) is 5.80. The van der Waals surface area contributed by atoms with E-state index in [0.29, 0.717) is 23.7 Å². The van der Waals surface area contributed by atoms with Gasteiger partial charge in [0.25, 0.3) is 0 Å². The number of thioether (sulfide) groups is 1. The van der Waals surface area contributed by atoms with Gasteiger partial charge in [-0.1, -0.05) is 54.1 Å². The minimum Gasteiger partial charge on any atom is -0.350 e. The van der Waals surface area contributed by atoms with Crippen LogP contribution in [0.15, 0.2) is 54.6 Å². The number of hydrogen-bond donors (Lipinski definition) is 1. The number of amides is 2. The lowest BCUT2D eigenvalue weighted by Crippen LogP contribution is -2.53. The number of benzene rings is 2. The van der Waals surface area contributed by atoms with Gasteiger partial charge in [-0.2, -0.15) is 0 Å². The molecule has 162 valence electrons. The Hall–Kier alpha value is -1.98. The van der Waals surface area contributed by atoms with Crippen LogP contribution in [0.1, 0.15) is 38.8 Å². The molecule has 0 spiro atoms. The first-order valence-corrected chi connectivity index (χ1v) is 11.7. The van der Waals surface area contributed by atoms with Crippen LogP contribution in [0.2, 0.25) is 5.02 Å². The van der Waals surface area contributed by atoms with Gasteiger partial charge in [-0.25, -0.2) is 0 Å². The van der Waals surface area contributed by atoms with Crippen molar-refractivity contribution in [2.75, 3.05) is 12.3 Å². The Balaban J connectivity index is 2.01. The molecule has 0 bridgehead atoms. The fourth-order valence-corrected chi connectivity index (χ4v) is 3.96. The van der Waals surface area contributed by atoms with Crippen LogP contribution in [-0.2, 0) is 21.8 Å². The van der Waals surface area contributed by atoms with Gasteiger partial charge in [0.15, 0.2) is 0 Å². The summed E-state index contributed by atoms with van der Waals surface area (Å²) in [4.78, 5) is 27.4. The van der Waals surface area contributed by atoms with Crippen molar-refractivity contribution in [1.29, 1.82) is 0 Å². The maximum atomic E-state index is 13.0. The molecular formula is C24H31ClN2O2S. The normalized spacial score (nSPS) is 12.3. The van der Waals surface area contributed by atoms with Crippen molar-refractivity contribution in [3.8, 4) is 0 Å². The van der Waals surface area contributed by atoms with Gasteiger partial charge in [-0.15, -0.1) is 11.8 Å². The summed E-state index contributed by atoms with van der Waals surface area (Å²) in [6.07, 6.45) is 0.710. The smallest absolute Gasteiger partial charge is 0.242 e. The molecule has 1 unspecified atom stereocenters. The molecule has 2 aromatic carbocycles. The summed E-state index contributed by atoms with van der Waals surface area (Å²) in [5.74, 6) is 0.885. The van der Waals surface area contributed by atoms with E-state index in [1.165, 1.54) is 0 Å². The average Bonchev–Trinajstić information content (AvgIpc) is 2.69. The zero-order valence-corrected chi connectivity index (χ0v) is 19.7. The molecule has 0 aliphatic heterocycles. The minimum atomic E-state index is -0.531. The number of halogens is 1. The molecule has 0 saturated carbocycles. The molecule has 0 saturated heterocycles. The van der Waals surface area contributed by atoms with Gasteiger partial charge in [-0.3, -0.25) is 9.59 Å². The van der Waals surface area contributed by atoms with Crippen LogP contribution in [0.5, 0.6) is 0 Å². The highest BCUT2D eigenvalue weighted by Gasteiger charge is 2.27. The average molecular weight is 447 g/mol. The van der Waals surface area contributed by atoms with Gasteiger partial charge in [0.05, 0.1) is 5.75 Å². The van der Waals surface area contributed by atoms with Crippen LogP contribution in [0.25, 0.3) is 0 Å². The van der Waals surface area contributed by atoms with E-state index in [-0.39, 0.29) is 17.4 Å². The van der Waals surface area contributed by atoms with Crippen molar-refractivity contribution in [3.63, 3.8) is 0 Å². The summed E-state index contributed by atoms with van der Waals surface area (Å²) in [5, 5.41) is 3.69. The number of rotatable bonds is 9. The molecule has 1 N–H and O–H groups in total. The van der Waals surface area contributed by atoms with Gasteiger partial charge in [0.1, 0.15) is 6.04 Å². The van der Waals surface area contributed by atoms with E-state index in [1.807, 2.05) is 75.4 Å². The molecule has 2 aromatic rings. The van der Waals surface area contributed by atoms with Crippen LogP contribution in [0.3, 0.4) is 0 Å². The summed E-state index contributed by atoms with van der Waals surface area (Å²) < 4.78 is 0. The zero-order chi connectivity index (χ0) is 22.1. The Bertz CT molecular complexity index is 819. The van der Waals surface area contributed by atoms with E-state index in [1.54, 1.807) is 23.6 Å². The Labute approximate surface area is 189 Å². The fourth-order valence-electron chi connectivity index (χ4n) is 2.96. The number of hydrogen-bond acceptors (Lipinski definition) is 3. The van der Waals surface area contributed by atoms with Gasteiger partial charge in [0.2, 0.25) is 11.8 Å². The number of nitrogens with zero attached hydrogens (tertiary/aromatic N) is 1. The van der Waals surface area contributed by atoms with E-state index < -0.39 is 6.04 Å². The SMILES string of the molecule is CC(C(=O)NC(C)(C)C)N(CCc1ccccc1)C(=O)CSCc1ccc(Cl)cc1. The Morgan fingerprint density at radius 1 is 1.03 bits per heavy atom. The van der Waals surface area contributed by atoms with Crippen LogP contribution in [-0.4, -0.2) is 40.6 Å². The molecule has 30 heavy (non-hydrogen) atoms. The second-order valence-electron chi connectivity index (χ2n) is 8.36. The van der Waals surface area contributed by atoms with Gasteiger partial charge >= 0.3 is 0 Å². The second kappa shape index (κ2) is 11.4. The topological polar surface area (TPSA) is 49.4 Å². The molecule has 2 rings (SSSR count). The maximum absolute atomic E-state index is 13.0. The van der Waals surface area contributed by atoms with Crippen LogP contribution < -0.4 is 5.32 Å². The number of nitrogens with one attached hydrogen (secondary N) is 1. The zero-order valence-electron chi connectivity index (χ0n) is 18.2. The highest BCUT2D eigenvalue weighted by Crippen LogP contribution is 2.17. The molecule has 6 heteroatoms. The van der Waals surface area contributed by atoms with Crippen molar-refractivity contribution in [2.24, 2.45) is 0 Å². The summed E-state index contributed by atoms with van der Waals surface area (Å²) in [5.41, 5.74) is 1.92. The van der Waals surface area contributed by atoms with Gasteiger partial charge < -0.3 is 10.2 Å². The third-order valence-electron chi connectivity index (χ3n) is 4.56. The molecule has 0 radical (unpaired) electrons. The van der Waals surface area contributed by atoms with Crippen LogP contribution >= 0.6 is 23.4 Å². The van der Waals surface area contributed by atoms with E-state index in [0.717, 1.165) is 16.9 Å². The first-order chi connectivity index (χ1) is 14.2. The van der Waals surface area contributed by atoms with Gasteiger partial charge in [0, 0.05) is 22.9 Å². The van der Waals surface area contributed by atoms with Crippen molar-refractivity contribution in [3.05, 3.63) is 70.7 Å². The summed E-state index contributed by atoms with van der Waals surface area (Å²) in [6, 6.07) is 17.1. The predicted molar refractivity (Wildman–Crippen MR) is 127 cm³/mol. The molecule has 0 fully saturated rings. The van der Waals surface area contributed by atoms with Crippen LogP contribution in [0.4, 0.5) is 0 Å². The Morgan fingerprint density at radius 3 is 2.27 bits per heavy atom. The highest BCUT2D eigenvalue weighted by molar-refractivity contribution is 7.99. The Kier molecular flexibility index (Phi) is 9.25. The van der Waals surface area contributed by atoms with Crippen molar-refractivity contribution >= 4 is 35.2 Å². The minimum absolute atomic E-state index is 0.0264. The molecular weight excluding hydrogens is 416 g/mol. The summed E-state index contributed by atoms with van der Waals surface area (Å²) >= 11 is 7.47. The first-order valence-electron chi connectivity index (χ1n) is 10.1. The monoisotopic (exact) mass is 446 g/mol. The molecule has 4 nitrogen and oxygen atoms in total. The number of carbonyl (C=O) groups is 2. The summed E-state index contributed by atoms with van der Waals surface area (Å²) in [7, 11) is 0. The molecule has 0 heterocycles. The lowest BCUT2D eigenvalue weighted by atomic mass is 10.1. The summed E-state index contributed by atoms with van der Waals surface area (Å²) in [6.45, 7) is 8.12. The Morgan fingerprint density at radius 2 is 1.67 bits per heavy atom. The van der Waals surface area contributed by atoms with E-state index in [9.17, 15) is 9.59 Å². The first kappa shape index (κ1) is 24.3. The molecule has 0 aliphatic carbocycles. The molecule has 0 aliphatic rings. The lowest BCUT2D eigenvalue weighted by molar-refractivity contribution is -0.138. The van der Waals surface area contributed by atoms with Crippen molar-refractivity contribution in [1.82, 2.24) is 10.2 Å². The van der Waals surface area contributed by atoms with E-state index in [2.05, 4.69) is 5.32 Å². The molecule has 0 aromatic heterocycles. The maximum Gasteiger partial charge on any atom is 0.242 e. The molecule has 2 amide bonds. The van der Waals surface area contributed by atoms with Gasteiger partial charge in [-0.05, 0) is 57.4 Å². The molecule has 1 atom stereocenters. The number of carbonyl (C=O) groups excluding carboxylic acids is 2. The van der Waals surface area contributed by atoms with Crippen molar-refractivity contribution < 1.29 is 9.59 Å². The van der Waals surface area contributed by atoms with E-state index >= 15 is 0 Å². The van der Waals surface area contributed by atoms with Crippen molar-refractivity contribution in [2.45, 2.75) is 51.4 Å². The highest BCUT2D eigenvalue weighted by atomic mass is 35.5. The largest absolute Gasteiger partial charge is 0.350 e. The lowest BCUT2D eigenvalue weighted by Gasteiger charge is -2.31.